The van der Waals surface area contributed by atoms with E-state index in [9.17, 15) is 19.8 Å². The number of aliphatic hydroxyl groups is 1. The number of ketones is 1. The second kappa shape index (κ2) is 10.1. The lowest BCUT2D eigenvalue weighted by molar-refractivity contribution is -0.140. The molecule has 1 amide bonds. The van der Waals surface area contributed by atoms with Crippen molar-refractivity contribution in [1.82, 2.24) is 9.80 Å². The molecule has 2 N–H and O–H groups in total. The molecule has 4 rings (SSSR count). The molecular weight excluding hydrogens is 440 g/mol. The number of carbonyl (C=O) groups is 2. The average molecular weight is 469 g/mol. The van der Waals surface area contributed by atoms with Crippen LogP contribution >= 0.6 is 0 Å². The predicted molar refractivity (Wildman–Crippen MR) is 124 cm³/mol. The Morgan fingerprint density at radius 1 is 1.00 bits per heavy atom. The van der Waals surface area contributed by atoms with Crippen molar-refractivity contribution in [3.05, 3.63) is 59.2 Å². The molecule has 0 saturated carbocycles. The van der Waals surface area contributed by atoms with Crippen molar-refractivity contribution in [1.29, 1.82) is 0 Å². The third-order valence-corrected chi connectivity index (χ3v) is 6.19. The number of morpholine rings is 1. The molecule has 9 nitrogen and oxygen atoms in total. The minimum Gasteiger partial charge on any atom is -0.507 e. The van der Waals surface area contributed by atoms with Gasteiger partial charge in [-0.25, -0.2) is 0 Å². The Bertz CT molecular complexity index is 1090. The van der Waals surface area contributed by atoms with Crippen LogP contribution in [0.3, 0.4) is 0 Å². The van der Waals surface area contributed by atoms with E-state index in [0.29, 0.717) is 43.4 Å². The van der Waals surface area contributed by atoms with Gasteiger partial charge in [0.25, 0.3) is 11.7 Å². The summed E-state index contributed by atoms with van der Waals surface area (Å²) in [6, 6.07) is 10.5. The van der Waals surface area contributed by atoms with E-state index in [-0.39, 0.29) is 16.9 Å². The standard InChI is InChI=1S/C25H28N2O7/c1-32-17-5-3-16(4-6-17)22-21(23(29)19-8-7-18(33-2)15-20(19)28)24(30)25(31)27(22)10-9-26-11-13-34-14-12-26/h3-8,15,22,28-29H,9-14H2,1-2H3/b23-21+. The van der Waals surface area contributed by atoms with Gasteiger partial charge in [-0.3, -0.25) is 14.5 Å². The summed E-state index contributed by atoms with van der Waals surface area (Å²) in [6.45, 7) is 3.60. The van der Waals surface area contributed by atoms with Gasteiger partial charge in [-0.2, -0.15) is 0 Å². The highest BCUT2D eigenvalue weighted by Crippen LogP contribution is 2.41. The van der Waals surface area contributed by atoms with Crippen LogP contribution < -0.4 is 9.47 Å². The molecule has 0 aliphatic carbocycles. The van der Waals surface area contributed by atoms with Gasteiger partial charge in [0, 0.05) is 32.2 Å². The second-order valence-electron chi connectivity index (χ2n) is 8.10. The molecule has 0 spiro atoms. The first-order chi connectivity index (χ1) is 16.4. The zero-order valence-corrected chi connectivity index (χ0v) is 19.2. The molecule has 2 aliphatic rings. The van der Waals surface area contributed by atoms with Gasteiger partial charge in [-0.15, -0.1) is 0 Å². The molecule has 2 heterocycles. The lowest BCUT2D eigenvalue weighted by atomic mass is 9.95. The van der Waals surface area contributed by atoms with Crippen molar-refractivity contribution in [3.63, 3.8) is 0 Å². The fourth-order valence-electron chi connectivity index (χ4n) is 4.30. The monoisotopic (exact) mass is 468 g/mol. The topological polar surface area (TPSA) is 109 Å². The Labute approximate surface area is 197 Å². The number of amides is 1. The van der Waals surface area contributed by atoms with E-state index >= 15 is 0 Å². The van der Waals surface area contributed by atoms with E-state index in [4.69, 9.17) is 14.2 Å². The highest BCUT2D eigenvalue weighted by Gasteiger charge is 2.46. The highest BCUT2D eigenvalue weighted by molar-refractivity contribution is 6.46. The van der Waals surface area contributed by atoms with Gasteiger partial charge in [-0.1, -0.05) is 12.1 Å². The van der Waals surface area contributed by atoms with Gasteiger partial charge in [0.05, 0.1) is 44.6 Å². The van der Waals surface area contributed by atoms with Crippen LogP contribution in [-0.4, -0.2) is 85.3 Å². The number of ether oxygens (including phenoxy) is 3. The van der Waals surface area contributed by atoms with E-state index in [1.165, 1.54) is 24.1 Å². The molecule has 0 aromatic heterocycles. The fourth-order valence-corrected chi connectivity index (χ4v) is 4.30. The van der Waals surface area contributed by atoms with Gasteiger partial charge < -0.3 is 29.3 Å². The second-order valence-corrected chi connectivity index (χ2v) is 8.10. The molecule has 2 aliphatic heterocycles. The van der Waals surface area contributed by atoms with Crippen LogP contribution in [0.2, 0.25) is 0 Å². The largest absolute Gasteiger partial charge is 0.507 e. The Morgan fingerprint density at radius 3 is 2.26 bits per heavy atom. The number of benzene rings is 2. The number of methoxy groups -OCH3 is 2. The first kappa shape index (κ1) is 23.6. The van der Waals surface area contributed by atoms with Crippen molar-refractivity contribution in [2.75, 3.05) is 53.6 Å². The van der Waals surface area contributed by atoms with E-state index in [1.54, 1.807) is 37.4 Å². The molecule has 180 valence electrons. The van der Waals surface area contributed by atoms with Crippen molar-refractivity contribution in [2.45, 2.75) is 6.04 Å². The van der Waals surface area contributed by atoms with Crippen LogP contribution in [0.15, 0.2) is 48.0 Å². The van der Waals surface area contributed by atoms with Gasteiger partial charge >= 0.3 is 0 Å². The van der Waals surface area contributed by atoms with Crippen LogP contribution in [0.25, 0.3) is 5.76 Å². The van der Waals surface area contributed by atoms with Gasteiger partial charge in [-0.05, 0) is 29.8 Å². The zero-order chi connectivity index (χ0) is 24.2. The third-order valence-electron chi connectivity index (χ3n) is 6.19. The smallest absolute Gasteiger partial charge is 0.295 e. The predicted octanol–water partition coefficient (Wildman–Crippen LogP) is 2.16. The Balaban J connectivity index is 1.75. The molecule has 1 unspecified atom stereocenters. The third kappa shape index (κ3) is 4.57. The number of nitrogens with zero attached hydrogens (tertiary/aromatic N) is 2. The van der Waals surface area contributed by atoms with Crippen LogP contribution in [0.5, 0.6) is 17.2 Å². The molecule has 1 atom stereocenters. The maximum atomic E-state index is 13.1. The van der Waals surface area contributed by atoms with Crippen LogP contribution in [0.4, 0.5) is 0 Å². The van der Waals surface area contributed by atoms with E-state index in [0.717, 1.165) is 13.1 Å². The van der Waals surface area contributed by atoms with Crippen molar-refractivity contribution in [2.24, 2.45) is 0 Å². The number of hydrogen-bond donors (Lipinski definition) is 2. The van der Waals surface area contributed by atoms with Crippen LogP contribution in [0, 0.1) is 0 Å². The summed E-state index contributed by atoms with van der Waals surface area (Å²) >= 11 is 0. The fraction of sp³-hybridized carbons (Fsp3) is 0.360. The minimum absolute atomic E-state index is 0.0468. The summed E-state index contributed by atoms with van der Waals surface area (Å²) in [4.78, 5) is 29.9. The first-order valence-corrected chi connectivity index (χ1v) is 11.0. The number of Topliss-reactive ketones (excluding diaryl/α,β-unsaturated/α-hetero) is 1. The molecule has 9 heteroatoms. The number of carbonyl (C=O) groups excluding carboxylic acids is 2. The van der Waals surface area contributed by atoms with Crippen molar-refractivity contribution < 1.29 is 34.0 Å². The number of phenolic OH excluding ortho intramolecular Hbond substituents is 1. The highest BCUT2D eigenvalue weighted by atomic mass is 16.5. The van der Waals surface area contributed by atoms with Crippen LogP contribution in [0.1, 0.15) is 17.2 Å². The number of aliphatic hydroxyl groups excluding tert-OH is 1. The van der Waals surface area contributed by atoms with Gasteiger partial charge in [0.15, 0.2) is 0 Å². The minimum atomic E-state index is -0.812. The van der Waals surface area contributed by atoms with E-state index < -0.39 is 23.5 Å². The lowest BCUT2D eigenvalue weighted by Crippen LogP contribution is -2.42. The number of phenols is 1. The average Bonchev–Trinajstić information content (AvgIpc) is 3.12. The van der Waals surface area contributed by atoms with Gasteiger partial charge in [0.2, 0.25) is 0 Å². The molecule has 2 aromatic rings. The summed E-state index contributed by atoms with van der Waals surface area (Å²) in [7, 11) is 3.01. The molecule has 2 aromatic carbocycles. The molecule has 0 radical (unpaired) electrons. The zero-order valence-electron chi connectivity index (χ0n) is 19.2. The number of hydrogen-bond acceptors (Lipinski definition) is 8. The summed E-state index contributed by atoms with van der Waals surface area (Å²) in [5.41, 5.74) is 0.625. The molecular formula is C25H28N2O7. The SMILES string of the molecule is COc1ccc(C2/C(=C(\O)c3ccc(OC)cc3O)C(=O)C(=O)N2CCN2CCOCC2)cc1. The quantitative estimate of drug-likeness (QED) is 0.362. The Hall–Kier alpha value is -3.56. The normalized spacial score (nSPS) is 20.5. The maximum absolute atomic E-state index is 13.1. The lowest BCUT2D eigenvalue weighted by Gasteiger charge is -2.31. The van der Waals surface area contributed by atoms with Crippen molar-refractivity contribution >= 4 is 17.4 Å². The Kier molecular flexibility index (Phi) is 7.04. The summed E-state index contributed by atoms with van der Waals surface area (Å²) in [6.07, 6.45) is 0. The number of aromatic hydroxyl groups is 1. The van der Waals surface area contributed by atoms with E-state index in [1.807, 2.05) is 0 Å². The maximum Gasteiger partial charge on any atom is 0.295 e. The summed E-state index contributed by atoms with van der Waals surface area (Å²) in [5, 5.41) is 21.6. The number of rotatable bonds is 7. The first-order valence-electron chi connectivity index (χ1n) is 11.0. The summed E-state index contributed by atoms with van der Waals surface area (Å²) in [5.74, 6) is -1.16. The molecule has 0 bridgehead atoms. The van der Waals surface area contributed by atoms with E-state index in [2.05, 4.69) is 4.90 Å². The van der Waals surface area contributed by atoms with Crippen LogP contribution in [-0.2, 0) is 14.3 Å². The number of likely N-dealkylation sites (tertiary alicyclic amines) is 1. The van der Waals surface area contributed by atoms with Crippen molar-refractivity contribution in [3.8, 4) is 17.2 Å². The summed E-state index contributed by atoms with van der Waals surface area (Å²) < 4.78 is 15.7. The Morgan fingerprint density at radius 2 is 1.65 bits per heavy atom. The molecule has 2 saturated heterocycles. The molecule has 34 heavy (non-hydrogen) atoms. The molecule has 2 fully saturated rings. The van der Waals surface area contributed by atoms with Gasteiger partial charge in [0.1, 0.15) is 23.0 Å².